The van der Waals surface area contributed by atoms with E-state index in [0.717, 1.165) is 5.56 Å². The third-order valence-electron chi connectivity index (χ3n) is 5.78. The number of methoxy groups -OCH3 is 1. The Morgan fingerprint density at radius 1 is 1.22 bits per heavy atom. The number of aliphatic carboxylic acids is 1. The topological polar surface area (TPSA) is 114 Å². The number of amides is 1. The van der Waals surface area contributed by atoms with Gasteiger partial charge in [-0.2, -0.15) is 0 Å². The molecule has 0 fully saturated rings. The van der Waals surface area contributed by atoms with Crippen molar-refractivity contribution in [3.63, 3.8) is 0 Å². The van der Waals surface area contributed by atoms with E-state index in [1.165, 1.54) is 25.3 Å². The van der Waals surface area contributed by atoms with Gasteiger partial charge in [-0.25, -0.2) is 4.39 Å². The molecule has 8 nitrogen and oxygen atoms in total. The predicted octanol–water partition coefficient (Wildman–Crippen LogP) is 4.74. The zero-order chi connectivity index (χ0) is 26.3. The molecule has 0 saturated carbocycles. The van der Waals surface area contributed by atoms with Crippen LogP contribution in [0.4, 0.5) is 4.39 Å². The minimum Gasteiger partial charge on any atom is -0.481 e. The number of nitrogens with zero attached hydrogens (tertiary/aromatic N) is 1. The highest BCUT2D eigenvalue weighted by molar-refractivity contribution is 6.30. The first-order valence-electron chi connectivity index (χ1n) is 11.4. The van der Waals surface area contributed by atoms with Crippen molar-refractivity contribution in [1.82, 2.24) is 15.5 Å². The van der Waals surface area contributed by atoms with E-state index in [4.69, 9.17) is 21.1 Å². The lowest BCUT2D eigenvalue weighted by Gasteiger charge is -2.29. The van der Waals surface area contributed by atoms with Gasteiger partial charge >= 0.3 is 5.97 Å². The summed E-state index contributed by atoms with van der Waals surface area (Å²) in [5, 5.41) is 19.7. The standard InChI is InChI=1S/C26H29ClFN3O5/c1-4-36-23-13-22(30-31-23)24(32)29-19(14-26(2,15-35-3)25(33)34)11-16-5-7-17(8-6-16)20-12-18(27)9-10-21(20)28/h5-10,12-13,19H,4,11,14-15H2,1-3H3,(H,29,32)(H,30,31)(H,33,34)/t19-,26?/m1/s1. The third kappa shape index (κ3) is 6.83. The fourth-order valence-electron chi connectivity index (χ4n) is 3.97. The Hall–Kier alpha value is -3.43. The first kappa shape index (κ1) is 27.2. The second kappa shape index (κ2) is 12.0. The minimum atomic E-state index is -1.24. The molecule has 1 heterocycles. The Bertz CT molecular complexity index is 1200. The van der Waals surface area contributed by atoms with Gasteiger partial charge in [-0.15, -0.1) is 5.10 Å². The zero-order valence-electron chi connectivity index (χ0n) is 20.3. The molecule has 3 rings (SSSR count). The number of hydrogen-bond acceptors (Lipinski definition) is 5. The normalized spacial score (nSPS) is 13.6. The average molecular weight is 518 g/mol. The fourth-order valence-corrected chi connectivity index (χ4v) is 4.14. The number of halogens is 2. The monoisotopic (exact) mass is 517 g/mol. The molecule has 192 valence electrons. The van der Waals surface area contributed by atoms with E-state index >= 15 is 0 Å². The van der Waals surface area contributed by atoms with Crippen LogP contribution in [0.3, 0.4) is 0 Å². The largest absolute Gasteiger partial charge is 0.481 e. The molecule has 1 aromatic heterocycles. The van der Waals surface area contributed by atoms with Crippen molar-refractivity contribution < 1.29 is 28.6 Å². The van der Waals surface area contributed by atoms with Crippen molar-refractivity contribution in [3.05, 3.63) is 70.6 Å². The molecule has 10 heteroatoms. The van der Waals surface area contributed by atoms with E-state index in [0.29, 0.717) is 29.2 Å². The molecular formula is C26H29ClFN3O5. The maximum atomic E-state index is 14.3. The van der Waals surface area contributed by atoms with Crippen LogP contribution in [0.2, 0.25) is 5.02 Å². The Kier molecular flexibility index (Phi) is 9.06. The molecule has 0 aliphatic carbocycles. The van der Waals surface area contributed by atoms with Gasteiger partial charge in [0.15, 0.2) is 0 Å². The van der Waals surface area contributed by atoms with Gasteiger partial charge in [-0.1, -0.05) is 35.9 Å². The highest BCUT2D eigenvalue weighted by atomic mass is 35.5. The number of nitrogens with one attached hydrogen (secondary N) is 2. The first-order valence-corrected chi connectivity index (χ1v) is 11.8. The van der Waals surface area contributed by atoms with Crippen molar-refractivity contribution in [2.75, 3.05) is 20.3 Å². The summed E-state index contributed by atoms with van der Waals surface area (Å²) in [6.45, 7) is 3.75. The Balaban J connectivity index is 1.83. The first-order chi connectivity index (χ1) is 17.1. The second-order valence-corrected chi connectivity index (χ2v) is 9.19. The number of aromatic amines is 1. The van der Waals surface area contributed by atoms with E-state index in [1.54, 1.807) is 32.0 Å². The molecule has 0 aliphatic heterocycles. The van der Waals surface area contributed by atoms with Gasteiger partial charge in [0, 0.05) is 29.8 Å². The maximum Gasteiger partial charge on any atom is 0.311 e. The number of carbonyl (C=O) groups is 2. The van der Waals surface area contributed by atoms with Crippen LogP contribution in [0.15, 0.2) is 48.5 Å². The molecule has 3 aromatic rings. The van der Waals surface area contributed by atoms with Gasteiger partial charge in [-0.05, 0) is 56.0 Å². The summed E-state index contributed by atoms with van der Waals surface area (Å²) in [6.07, 6.45) is 0.447. The molecule has 0 saturated heterocycles. The molecule has 0 spiro atoms. The molecule has 0 aliphatic rings. The lowest BCUT2D eigenvalue weighted by atomic mass is 9.82. The van der Waals surface area contributed by atoms with Gasteiger partial charge in [0.1, 0.15) is 11.5 Å². The molecule has 2 aromatic carbocycles. The van der Waals surface area contributed by atoms with E-state index in [9.17, 15) is 19.1 Å². The molecule has 36 heavy (non-hydrogen) atoms. The summed E-state index contributed by atoms with van der Waals surface area (Å²) in [7, 11) is 1.43. The van der Waals surface area contributed by atoms with Crippen LogP contribution in [-0.4, -0.2) is 53.5 Å². The summed E-state index contributed by atoms with van der Waals surface area (Å²) < 4.78 is 24.7. The summed E-state index contributed by atoms with van der Waals surface area (Å²) in [5.41, 5.74) is 0.813. The second-order valence-electron chi connectivity index (χ2n) is 8.75. The van der Waals surface area contributed by atoms with Crippen LogP contribution in [0.25, 0.3) is 11.1 Å². The lowest BCUT2D eigenvalue weighted by molar-refractivity contribution is -0.152. The number of ether oxygens (including phenoxy) is 2. The summed E-state index contributed by atoms with van der Waals surface area (Å²) in [5.74, 6) is -1.57. The third-order valence-corrected chi connectivity index (χ3v) is 6.01. The molecule has 2 atom stereocenters. The number of carbonyl (C=O) groups excluding carboxylic acids is 1. The van der Waals surface area contributed by atoms with Gasteiger partial charge in [0.2, 0.25) is 5.88 Å². The highest BCUT2D eigenvalue weighted by Crippen LogP contribution is 2.29. The number of carboxylic acid groups (broad SMARTS) is 1. The summed E-state index contributed by atoms with van der Waals surface area (Å²) >= 11 is 6.02. The van der Waals surface area contributed by atoms with E-state index < -0.39 is 23.3 Å². The van der Waals surface area contributed by atoms with Crippen LogP contribution in [-0.2, 0) is 16.0 Å². The van der Waals surface area contributed by atoms with Crippen LogP contribution in [0.1, 0.15) is 36.3 Å². The van der Waals surface area contributed by atoms with Gasteiger partial charge < -0.3 is 19.9 Å². The summed E-state index contributed by atoms with van der Waals surface area (Å²) in [6, 6.07) is 12.4. The van der Waals surface area contributed by atoms with Gasteiger partial charge in [0.05, 0.1) is 18.6 Å². The van der Waals surface area contributed by atoms with Crippen molar-refractivity contribution in [2.24, 2.45) is 5.41 Å². The van der Waals surface area contributed by atoms with Crippen LogP contribution < -0.4 is 10.1 Å². The average Bonchev–Trinajstić information content (AvgIpc) is 3.30. The number of benzene rings is 2. The number of rotatable bonds is 12. The van der Waals surface area contributed by atoms with Crippen molar-refractivity contribution in [3.8, 4) is 17.0 Å². The van der Waals surface area contributed by atoms with Crippen molar-refractivity contribution in [2.45, 2.75) is 32.7 Å². The molecule has 1 amide bonds. The van der Waals surface area contributed by atoms with Crippen LogP contribution in [0.5, 0.6) is 5.88 Å². The molecular weight excluding hydrogens is 489 g/mol. The van der Waals surface area contributed by atoms with E-state index in [2.05, 4.69) is 15.5 Å². The quantitative estimate of drug-likeness (QED) is 0.320. The van der Waals surface area contributed by atoms with E-state index in [1.807, 2.05) is 12.1 Å². The Labute approximate surface area is 213 Å². The number of aromatic nitrogens is 2. The lowest BCUT2D eigenvalue weighted by Crippen LogP contribution is -2.44. The van der Waals surface area contributed by atoms with Gasteiger partial charge in [0.25, 0.3) is 5.91 Å². The molecule has 1 unspecified atom stereocenters. The summed E-state index contributed by atoms with van der Waals surface area (Å²) in [4.78, 5) is 24.9. The van der Waals surface area contributed by atoms with Crippen LogP contribution >= 0.6 is 11.6 Å². The Morgan fingerprint density at radius 3 is 2.58 bits per heavy atom. The van der Waals surface area contributed by atoms with Crippen LogP contribution in [0, 0.1) is 11.2 Å². The highest BCUT2D eigenvalue weighted by Gasteiger charge is 2.36. The smallest absolute Gasteiger partial charge is 0.311 e. The number of H-pyrrole nitrogens is 1. The molecule has 3 N–H and O–H groups in total. The SMILES string of the molecule is CCOc1cc(C(=O)N[C@H](Cc2ccc(-c3cc(Cl)ccc3F)cc2)CC(C)(COC)C(=O)O)[nH]n1. The number of carboxylic acids is 1. The minimum absolute atomic E-state index is 0.0275. The molecule has 0 radical (unpaired) electrons. The van der Waals surface area contributed by atoms with Crippen molar-refractivity contribution in [1.29, 1.82) is 0 Å². The maximum absolute atomic E-state index is 14.3. The van der Waals surface area contributed by atoms with Crippen molar-refractivity contribution >= 4 is 23.5 Å². The number of hydrogen-bond donors (Lipinski definition) is 3. The Morgan fingerprint density at radius 2 is 1.94 bits per heavy atom. The van der Waals surface area contributed by atoms with Gasteiger partial charge in [-0.3, -0.25) is 14.7 Å². The predicted molar refractivity (Wildman–Crippen MR) is 134 cm³/mol. The van der Waals surface area contributed by atoms with E-state index in [-0.39, 0.29) is 30.4 Å². The fraction of sp³-hybridized carbons (Fsp3) is 0.346. The zero-order valence-corrected chi connectivity index (χ0v) is 21.1. The molecule has 0 bridgehead atoms.